The van der Waals surface area contributed by atoms with Gasteiger partial charge in [-0.2, -0.15) is 0 Å². The molecule has 0 aliphatic carbocycles. The second-order valence-electron chi connectivity index (χ2n) is 4.35. The van der Waals surface area contributed by atoms with Gasteiger partial charge in [0.1, 0.15) is 0 Å². The van der Waals surface area contributed by atoms with Crippen LogP contribution in [0.2, 0.25) is 5.02 Å². The fourth-order valence-corrected chi connectivity index (χ4v) is 1.70. The minimum atomic E-state index is 0.747. The molecule has 4 heteroatoms. The molecule has 0 bridgehead atoms. The predicted molar refractivity (Wildman–Crippen MR) is 70.8 cm³/mol. The molecule has 1 aromatic carbocycles. The Kier molecular flexibility index (Phi) is 5.06. The van der Waals surface area contributed by atoms with E-state index < -0.39 is 0 Å². The highest BCUT2D eigenvalue weighted by Gasteiger charge is 2.07. The van der Waals surface area contributed by atoms with Crippen LogP contribution in [0.5, 0.6) is 0 Å². The van der Waals surface area contributed by atoms with Gasteiger partial charge in [-0.05, 0) is 33.3 Å². The van der Waals surface area contributed by atoms with Crippen molar-refractivity contribution in [3.8, 4) is 0 Å². The summed E-state index contributed by atoms with van der Waals surface area (Å²) in [5.74, 6) is 0. The van der Waals surface area contributed by atoms with Gasteiger partial charge in [-0.3, -0.25) is 0 Å². The van der Waals surface area contributed by atoms with Crippen LogP contribution in [0.25, 0.3) is 0 Å². The van der Waals surface area contributed by atoms with Crippen LogP contribution < -0.4 is 5.73 Å². The quantitative estimate of drug-likeness (QED) is 0.800. The second kappa shape index (κ2) is 6.09. The largest absolute Gasteiger partial charge is 0.398 e. The number of benzene rings is 1. The third-order valence-electron chi connectivity index (χ3n) is 2.51. The molecule has 0 atom stereocenters. The minimum absolute atomic E-state index is 0.747. The summed E-state index contributed by atoms with van der Waals surface area (Å²) in [4.78, 5) is 4.38. The maximum absolute atomic E-state index is 6.12. The summed E-state index contributed by atoms with van der Waals surface area (Å²) in [5, 5.41) is 0.747. The van der Waals surface area contributed by atoms with E-state index in [0.717, 1.165) is 35.9 Å². The summed E-state index contributed by atoms with van der Waals surface area (Å²) >= 11 is 6.12. The number of hydrogen-bond acceptors (Lipinski definition) is 3. The van der Waals surface area contributed by atoms with Crippen LogP contribution in [0.15, 0.2) is 18.2 Å². The maximum Gasteiger partial charge on any atom is 0.0471 e. The Labute approximate surface area is 103 Å². The molecule has 16 heavy (non-hydrogen) atoms. The molecule has 0 aliphatic heterocycles. The number of halogens is 1. The van der Waals surface area contributed by atoms with Crippen molar-refractivity contribution in [1.82, 2.24) is 9.80 Å². The second-order valence-corrected chi connectivity index (χ2v) is 4.76. The number of hydrogen-bond donors (Lipinski definition) is 1. The van der Waals surface area contributed by atoms with Crippen molar-refractivity contribution in [3.05, 3.63) is 28.8 Å². The van der Waals surface area contributed by atoms with Gasteiger partial charge in [-0.15, -0.1) is 0 Å². The Morgan fingerprint density at radius 3 is 2.44 bits per heavy atom. The van der Waals surface area contributed by atoms with E-state index in [1.807, 2.05) is 18.2 Å². The molecule has 0 aliphatic rings. The van der Waals surface area contributed by atoms with E-state index in [9.17, 15) is 0 Å². The molecule has 1 aromatic rings. The molecular formula is C12H20ClN3. The number of nitrogens with two attached hydrogens (primary N) is 1. The van der Waals surface area contributed by atoms with E-state index >= 15 is 0 Å². The molecule has 1 rings (SSSR count). The summed E-state index contributed by atoms with van der Waals surface area (Å²) < 4.78 is 0. The van der Waals surface area contributed by atoms with Gasteiger partial charge in [0, 0.05) is 35.9 Å². The first-order valence-corrected chi connectivity index (χ1v) is 5.74. The van der Waals surface area contributed by atoms with Gasteiger partial charge in [-0.25, -0.2) is 0 Å². The summed E-state index contributed by atoms with van der Waals surface area (Å²) in [6.45, 7) is 2.82. The third-order valence-corrected chi connectivity index (χ3v) is 2.87. The molecule has 0 aromatic heterocycles. The molecule has 90 valence electrons. The lowest BCUT2D eigenvalue weighted by atomic mass is 10.1. The highest BCUT2D eigenvalue weighted by atomic mass is 35.5. The highest BCUT2D eigenvalue weighted by Crippen LogP contribution is 2.22. The molecule has 0 spiro atoms. The highest BCUT2D eigenvalue weighted by molar-refractivity contribution is 6.31. The smallest absolute Gasteiger partial charge is 0.0471 e. The lowest BCUT2D eigenvalue weighted by molar-refractivity contribution is 0.276. The fourth-order valence-electron chi connectivity index (χ4n) is 1.46. The first-order chi connectivity index (χ1) is 7.50. The molecule has 3 nitrogen and oxygen atoms in total. The van der Waals surface area contributed by atoms with E-state index in [-0.39, 0.29) is 0 Å². The van der Waals surface area contributed by atoms with Crippen LogP contribution in [0.4, 0.5) is 5.69 Å². The van der Waals surface area contributed by atoms with Crippen molar-refractivity contribution in [2.45, 2.75) is 6.54 Å². The van der Waals surface area contributed by atoms with E-state index in [1.165, 1.54) is 0 Å². The van der Waals surface area contributed by atoms with Crippen LogP contribution in [0, 0.1) is 0 Å². The molecule has 0 heterocycles. The van der Waals surface area contributed by atoms with Crippen molar-refractivity contribution in [2.75, 3.05) is 40.0 Å². The molecule has 0 saturated carbocycles. The lowest BCUT2D eigenvalue weighted by Gasteiger charge is -2.20. The molecule has 0 fully saturated rings. The Hall–Kier alpha value is -0.770. The summed E-state index contributed by atoms with van der Waals surface area (Å²) in [5.41, 5.74) is 7.69. The molecular weight excluding hydrogens is 222 g/mol. The van der Waals surface area contributed by atoms with Gasteiger partial charge in [-0.1, -0.05) is 17.7 Å². The number of likely N-dealkylation sites (N-methyl/N-ethyl adjacent to an activating group) is 2. The summed E-state index contributed by atoms with van der Waals surface area (Å²) in [7, 11) is 6.21. The maximum atomic E-state index is 6.12. The van der Waals surface area contributed by atoms with Crippen LogP contribution >= 0.6 is 11.6 Å². The fraction of sp³-hybridized carbons (Fsp3) is 0.500. The Balaban J connectivity index is 2.59. The van der Waals surface area contributed by atoms with E-state index in [2.05, 4.69) is 30.9 Å². The summed E-state index contributed by atoms with van der Waals surface area (Å²) in [6, 6.07) is 5.65. The number of nitrogen functional groups attached to an aromatic ring is 1. The first-order valence-electron chi connectivity index (χ1n) is 5.37. The standard InChI is InChI=1S/C12H20ClN3/c1-15(2)7-8-16(3)9-10-11(13)5-4-6-12(10)14/h4-6H,7-9,14H2,1-3H3. The Morgan fingerprint density at radius 1 is 1.19 bits per heavy atom. The van der Waals surface area contributed by atoms with Gasteiger partial charge < -0.3 is 15.5 Å². The average molecular weight is 242 g/mol. The van der Waals surface area contributed by atoms with Crippen molar-refractivity contribution in [1.29, 1.82) is 0 Å². The van der Waals surface area contributed by atoms with Crippen LogP contribution in [-0.4, -0.2) is 44.0 Å². The summed E-state index contributed by atoms with van der Waals surface area (Å²) in [6.07, 6.45) is 0. The molecule has 0 radical (unpaired) electrons. The SMILES string of the molecule is CN(C)CCN(C)Cc1c(N)cccc1Cl. The monoisotopic (exact) mass is 241 g/mol. The topological polar surface area (TPSA) is 32.5 Å². The third kappa shape index (κ3) is 4.00. The van der Waals surface area contributed by atoms with Gasteiger partial charge >= 0.3 is 0 Å². The van der Waals surface area contributed by atoms with E-state index in [0.29, 0.717) is 0 Å². The number of anilines is 1. The van der Waals surface area contributed by atoms with Gasteiger partial charge in [0.05, 0.1) is 0 Å². The van der Waals surface area contributed by atoms with Gasteiger partial charge in [0.2, 0.25) is 0 Å². The average Bonchev–Trinajstić information content (AvgIpc) is 2.21. The Morgan fingerprint density at radius 2 is 1.88 bits per heavy atom. The lowest BCUT2D eigenvalue weighted by Crippen LogP contribution is -2.28. The molecule has 0 saturated heterocycles. The van der Waals surface area contributed by atoms with E-state index in [1.54, 1.807) is 0 Å². The minimum Gasteiger partial charge on any atom is -0.398 e. The van der Waals surface area contributed by atoms with Gasteiger partial charge in [0.25, 0.3) is 0 Å². The first kappa shape index (κ1) is 13.3. The van der Waals surface area contributed by atoms with Crippen molar-refractivity contribution < 1.29 is 0 Å². The van der Waals surface area contributed by atoms with Crippen LogP contribution in [-0.2, 0) is 6.54 Å². The molecule has 2 N–H and O–H groups in total. The zero-order valence-corrected chi connectivity index (χ0v) is 11.0. The van der Waals surface area contributed by atoms with Crippen molar-refractivity contribution in [3.63, 3.8) is 0 Å². The Bertz CT molecular complexity index is 319. The zero-order chi connectivity index (χ0) is 12.1. The molecule has 0 unspecified atom stereocenters. The number of nitrogens with zero attached hydrogens (tertiary/aromatic N) is 2. The number of rotatable bonds is 5. The van der Waals surface area contributed by atoms with E-state index in [4.69, 9.17) is 17.3 Å². The zero-order valence-electron chi connectivity index (χ0n) is 10.2. The van der Waals surface area contributed by atoms with Crippen molar-refractivity contribution >= 4 is 17.3 Å². The predicted octanol–water partition coefficient (Wildman–Crippen LogP) is 1.92. The normalized spacial score (nSPS) is 11.4. The van der Waals surface area contributed by atoms with Crippen molar-refractivity contribution in [2.24, 2.45) is 0 Å². The van der Waals surface area contributed by atoms with Crippen LogP contribution in [0.1, 0.15) is 5.56 Å². The van der Waals surface area contributed by atoms with Gasteiger partial charge in [0.15, 0.2) is 0 Å². The van der Waals surface area contributed by atoms with Crippen LogP contribution in [0.3, 0.4) is 0 Å². The molecule has 0 amide bonds.